The van der Waals surface area contributed by atoms with E-state index in [2.05, 4.69) is 10.3 Å². The quantitative estimate of drug-likeness (QED) is 0.149. The van der Waals surface area contributed by atoms with Gasteiger partial charge in [-0.1, -0.05) is 45.9 Å². The summed E-state index contributed by atoms with van der Waals surface area (Å²) in [6.45, 7) is 0.440. The van der Waals surface area contributed by atoms with Crippen LogP contribution in [-0.4, -0.2) is 46.3 Å². The Kier molecular flexibility index (Phi) is 6.86. The highest BCUT2D eigenvalue weighted by atomic mass is 35.5. The second kappa shape index (κ2) is 10.0. The van der Waals surface area contributed by atoms with E-state index in [0.29, 0.717) is 35.9 Å². The van der Waals surface area contributed by atoms with Gasteiger partial charge < -0.3 is 20.3 Å². The van der Waals surface area contributed by atoms with Crippen molar-refractivity contribution in [2.24, 2.45) is 0 Å². The summed E-state index contributed by atoms with van der Waals surface area (Å²) in [5.41, 5.74) is 3.61. The predicted molar refractivity (Wildman–Crippen MR) is 148 cm³/mol. The van der Waals surface area contributed by atoms with Crippen molar-refractivity contribution in [3.8, 4) is 5.75 Å². The summed E-state index contributed by atoms with van der Waals surface area (Å²) < 4.78 is 0. The van der Waals surface area contributed by atoms with E-state index < -0.39 is 0 Å². The number of rotatable bonds is 7. The van der Waals surface area contributed by atoms with E-state index >= 15 is 0 Å². The number of fused-ring (bicyclic) bond motifs is 4. The Labute approximate surface area is 215 Å². The van der Waals surface area contributed by atoms with Crippen molar-refractivity contribution in [1.29, 1.82) is 0 Å². The molecule has 1 aromatic heterocycles. The number of alkyl halides is 1. The Morgan fingerprint density at radius 1 is 1.17 bits per heavy atom. The number of nitrogens with zero attached hydrogens (tertiary/aromatic N) is 1. The monoisotopic (exact) mass is 525 g/mol. The van der Waals surface area contributed by atoms with E-state index in [9.17, 15) is 14.7 Å². The number of halogens is 1. The molecule has 3 aromatic carbocycles. The molecule has 0 spiro atoms. The maximum absolute atomic E-state index is 13.6. The lowest BCUT2D eigenvalue weighted by atomic mass is 9.95. The molecule has 3 N–H and O–H groups in total. The highest BCUT2D eigenvalue weighted by Gasteiger charge is 2.35. The first-order chi connectivity index (χ1) is 17.0. The Morgan fingerprint density at radius 2 is 1.97 bits per heavy atom. The third-order valence-electron chi connectivity index (χ3n) is 6.24. The number of H-pyrrole nitrogens is 1. The molecule has 0 saturated heterocycles. The molecule has 0 radical (unpaired) electrons. The number of phenolic OH excluding ortho intramolecular Hbond substituents is 1. The molecule has 5 rings (SSSR count). The van der Waals surface area contributed by atoms with Crippen LogP contribution in [0.25, 0.3) is 21.7 Å². The molecule has 0 saturated carbocycles. The maximum Gasteiger partial charge on any atom is 0.274 e. The van der Waals surface area contributed by atoms with Crippen molar-refractivity contribution in [2.75, 3.05) is 34.7 Å². The summed E-state index contributed by atoms with van der Waals surface area (Å²) >= 11 is 6.31. The number of carbonyl (C=O) groups is 2. The fourth-order valence-corrected chi connectivity index (χ4v) is 6.09. The normalized spacial score (nSPS) is 15.0. The topological polar surface area (TPSA) is 85.4 Å². The molecule has 1 aliphatic rings. The number of hydrogen-bond donors (Lipinski definition) is 3. The van der Waals surface area contributed by atoms with E-state index in [4.69, 9.17) is 11.6 Å². The van der Waals surface area contributed by atoms with Gasteiger partial charge in [-0.15, -0.1) is 11.6 Å². The van der Waals surface area contributed by atoms with Crippen molar-refractivity contribution in [3.63, 3.8) is 0 Å². The van der Waals surface area contributed by atoms with Crippen LogP contribution in [0.5, 0.6) is 5.75 Å². The zero-order chi connectivity index (χ0) is 24.5. The molecular weight excluding hydrogens is 502 g/mol. The smallest absolute Gasteiger partial charge is 0.274 e. The van der Waals surface area contributed by atoms with E-state index in [1.165, 1.54) is 0 Å². The number of aromatic nitrogens is 1. The van der Waals surface area contributed by atoms with Crippen molar-refractivity contribution in [2.45, 2.75) is 12.3 Å². The van der Waals surface area contributed by atoms with E-state index in [1.807, 2.05) is 48.7 Å². The average Bonchev–Trinajstić information content (AvgIpc) is 3.45. The van der Waals surface area contributed by atoms with Gasteiger partial charge in [0.15, 0.2) is 0 Å². The van der Waals surface area contributed by atoms with Crippen LogP contribution in [0.4, 0.5) is 11.4 Å². The fourth-order valence-electron chi connectivity index (χ4n) is 4.66. The van der Waals surface area contributed by atoms with Crippen LogP contribution in [-0.2, 0) is 4.79 Å². The van der Waals surface area contributed by atoms with Crippen molar-refractivity contribution >= 4 is 78.1 Å². The zero-order valence-corrected chi connectivity index (χ0v) is 21.4. The number of benzene rings is 3. The first kappa shape index (κ1) is 23.9. The second-order valence-corrected chi connectivity index (χ2v) is 11.4. The van der Waals surface area contributed by atoms with Gasteiger partial charge in [0, 0.05) is 58.6 Å². The lowest BCUT2D eigenvalue weighted by Crippen LogP contribution is -2.30. The van der Waals surface area contributed by atoms with Gasteiger partial charge in [0.2, 0.25) is 5.91 Å². The SMILES string of the molecule is CSSCCC(=O)Nc1ccc2[nH]c(C(=O)N3CC(CCl)c4c3cc(O)c3ccccc43)cc2c1. The predicted octanol–water partition coefficient (Wildman–Crippen LogP) is 6.35. The molecule has 0 bridgehead atoms. The molecule has 9 heteroatoms. The Bertz CT molecular complexity index is 1440. The molecule has 35 heavy (non-hydrogen) atoms. The van der Waals surface area contributed by atoms with Crippen molar-refractivity contribution in [1.82, 2.24) is 4.98 Å². The third-order valence-corrected chi connectivity index (χ3v) is 8.43. The first-order valence-corrected chi connectivity index (χ1v) is 14.5. The molecule has 1 atom stereocenters. The summed E-state index contributed by atoms with van der Waals surface area (Å²) in [5, 5.41) is 16.1. The Hall–Kier alpha value is -2.81. The minimum absolute atomic E-state index is 0.0309. The van der Waals surface area contributed by atoms with Gasteiger partial charge in [-0.05, 0) is 41.5 Å². The molecule has 180 valence electrons. The van der Waals surface area contributed by atoms with Gasteiger partial charge in [-0.3, -0.25) is 9.59 Å². The average molecular weight is 526 g/mol. The minimum atomic E-state index is -0.190. The molecule has 0 aliphatic carbocycles. The molecule has 6 nitrogen and oxygen atoms in total. The first-order valence-electron chi connectivity index (χ1n) is 11.2. The van der Waals surface area contributed by atoms with Crippen LogP contribution in [0.15, 0.2) is 54.6 Å². The van der Waals surface area contributed by atoms with Gasteiger partial charge in [0.1, 0.15) is 11.4 Å². The van der Waals surface area contributed by atoms with Crippen molar-refractivity contribution in [3.05, 3.63) is 65.9 Å². The van der Waals surface area contributed by atoms with Crippen LogP contribution >= 0.6 is 33.2 Å². The number of aromatic amines is 1. The molecule has 1 aliphatic heterocycles. The number of nitrogens with one attached hydrogen (secondary N) is 2. The molecule has 0 fully saturated rings. The highest BCUT2D eigenvalue weighted by Crippen LogP contribution is 2.45. The Morgan fingerprint density at radius 3 is 2.74 bits per heavy atom. The number of carbonyl (C=O) groups excluding carboxylic acids is 2. The van der Waals surface area contributed by atoms with E-state index in [0.717, 1.165) is 33.0 Å². The summed E-state index contributed by atoms with van der Waals surface area (Å²) in [4.78, 5) is 30.7. The zero-order valence-electron chi connectivity index (χ0n) is 19.0. The maximum atomic E-state index is 13.6. The van der Waals surface area contributed by atoms with Gasteiger partial charge in [0.05, 0.1) is 5.69 Å². The van der Waals surface area contributed by atoms with E-state index in [1.54, 1.807) is 38.6 Å². The number of amides is 2. The van der Waals surface area contributed by atoms with E-state index in [-0.39, 0.29) is 23.5 Å². The third kappa shape index (κ3) is 4.58. The lowest BCUT2D eigenvalue weighted by molar-refractivity contribution is -0.115. The fraction of sp³-hybridized carbons (Fsp3) is 0.231. The van der Waals surface area contributed by atoms with Gasteiger partial charge in [-0.2, -0.15) is 0 Å². The van der Waals surface area contributed by atoms with Crippen molar-refractivity contribution < 1.29 is 14.7 Å². The van der Waals surface area contributed by atoms with Crippen LogP contribution in [0.2, 0.25) is 0 Å². The van der Waals surface area contributed by atoms with Gasteiger partial charge >= 0.3 is 0 Å². The number of anilines is 2. The highest BCUT2D eigenvalue weighted by molar-refractivity contribution is 8.76. The summed E-state index contributed by atoms with van der Waals surface area (Å²) in [5.74, 6) is 1.01. The van der Waals surface area contributed by atoms with Gasteiger partial charge in [-0.25, -0.2) is 0 Å². The number of hydrogen-bond acceptors (Lipinski definition) is 5. The number of aromatic hydroxyl groups is 1. The lowest BCUT2D eigenvalue weighted by Gasteiger charge is -2.17. The second-order valence-electron chi connectivity index (χ2n) is 8.41. The van der Waals surface area contributed by atoms with Crippen LogP contribution in [0, 0.1) is 0 Å². The molecular formula is C26H24ClN3O3S2. The molecule has 1 unspecified atom stereocenters. The van der Waals surface area contributed by atoms with Crippen LogP contribution in [0.3, 0.4) is 0 Å². The number of phenols is 1. The van der Waals surface area contributed by atoms with Crippen LogP contribution in [0.1, 0.15) is 28.4 Å². The minimum Gasteiger partial charge on any atom is -0.507 e. The summed E-state index contributed by atoms with van der Waals surface area (Å²) in [6, 6.07) is 16.6. The molecule has 4 aromatic rings. The standard InChI is InChI=1S/C26H24ClN3O3S2/c1-34-35-9-8-24(32)28-17-6-7-20-15(10-17)11-21(29-20)26(33)30-14-16(13-27)25-19-5-3-2-4-18(19)23(31)12-22(25)30/h2-7,10-12,16,29,31H,8-9,13-14H2,1H3,(H,28,32). The summed E-state index contributed by atoms with van der Waals surface area (Å²) in [6.07, 6.45) is 2.43. The Balaban J connectivity index is 1.43. The summed E-state index contributed by atoms with van der Waals surface area (Å²) in [7, 11) is 3.29. The molecule has 2 heterocycles. The van der Waals surface area contributed by atoms with Crippen LogP contribution < -0.4 is 10.2 Å². The molecule has 2 amide bonds. The largest absolute Gasteiger partial charge is 0.507 e. The van der Waals surface area contributed by atoms with Gasteiger partial charge in [0.25, 0.3) is 5.91 Å².